The van der Waals surface area contributed by atoms with Gasteiger partial charge in [0.05, 0.1) is 0 Å². The lowest BCUT2D eigenvalue weighted by molar-refractivity contribution is -0.141. The second kappa shape index (κ2) is 4.34. The average Bonchev–Trinajstić information content (AvgIpc) is 2.00. The quantitative estimate of drug-likeness (QED) is 0.454. The van der Waals surface area contributed by atoms with Crippen LogP contribution in [0.15, 0.2) is 0 Å². The minimum Gasteiger partial charge on any atom is -0.391 e. The first-order valence-electron chi connectivity index (χ1n) is 3.24. The van der Waals surface area contributed by atoms with Crippen LogP contribution >= 0.6 is 12.2 Å². The minimum absolute atomic E-state index is 0.294. The van der Waals surface area contributed by atoms with Gasteiger partial charge in [0.1, 0.15) is 11.1 Å². The van der Waals surface area contributed by atoms with Crippen molar-refractivity contribution in [2.75, 3.05) is 14.1 Å². The van der Waals surface area contributed by atoms with Crippen LogP contribution in [0.2, 0.25) is 0 Å². The van der Waals surface area contributed by atoms with Crippen LogP contribution in [0.4, 0.5) is 0 Å². The number of aliphatic hydroxyl groups is 2. The van der Waals surface area contributed by atoms with Crippen molar-refractivity contribution >= 4 is 23.1 Å². The SMILES string of the molecule is CN(C)C(=O)C(O)C(O)C(N)=S. The van der Waals surface area contributed by atoms with Crippen LogP contribution in [0.1, 0.15) is 0 Å². The van der Waals surface area contributed by atoms with Crippen LogP contribution < -0.4 is 5.73 Å². The third kappa shape index (κ3) is 2.72. The molecule has 0 bridgehead atoms. The Morgan fingerprint density at radius 1 is 1.42 bits per heavy atom. The Kier molecular flexibility index (Phi) is 4.08. The maximum Gasteiger partial charge on any atom is 0.254 e. The van der Waals surface area contributed by atoms with Crippen LogP contribution in [0, 0.1) is 0 Å². The van der Waals surface area contributed by atoms with E-state index < -0.39 is 18.1 Å². The van der Waals surface area contributed by atoms with E-state index >= 15 is 0 Å². The third-order valence-electron chi connectivity index (χ3n) is 1.28. The lowest BCUT2D eigenvalue weighted by atomic mass is 10.2. The zero-order valence-electron chi connectivity index (χ0n) is 6.89. The molecule has 12 heavy (non-hydrogen) atoms. The van der Waals surface area contributed by atoms with Gasteiger partial charge in [-0.2, -0.15) is 0 Å². The molecule has 0 aromatic carbocycles. The molecule has 0 rings (SSSR count). The molecule has 0 fully saturated rings. The van der Waals surface area contributed by atoms with E-state index in [2.05, 4.69) is 12.2 Å². The maximum atomic E-state index is 11.0. The molecular weight excluding hydrogens is 180 g/mol. The van der Waals surface area contributed by atoms with Crippen molar-refractivity contribution in [3.05, 3.63) is 0 Å². The molecule has 2 unspecified atom stereocenters. The third-order valence-corrected chi connectivity index (χ3v) is 1.53. The van der Waals surface area contributed by atoms with Crippen molar-refractivity contribution in [3.8, 4) is 0 Å². The summed E-state index contributed by atoms with van der Waals surface area (Å²) < 4.78 is 0. The van der Waals surface area contributed by atoms with E-state index in [-0.39, 0.29) is 4.99 Å². The number of aliphatic hydroxyl groups excluding tert-OH is 2. The fourth-order valence-electron chi connectivity index (χ4n) is 0.555. The van der Waals surface area contributed by atoms with Crippen molar-refractivity contribution in [1.29, 1.82) is 0 Å². The number of carbonyl (C=O) groups is 1. The molecule has 4 N–H and O–H groups in total. The highest BCUT2D eigenvalue weighted by Crippen LogP contribution is 1.97. The number of amides is 1. The van der Waals surface area contributed by atoms with E-state index in [9.17, 15) is 4.79 Å². The molecule has 0 aliphatic rings. The summed E-state index contributed by atoms with van der Waals surface area (Å²) in [4.78, 5) is 11.8. The van der Waals surface area contributed by atoms with E-state index in [0.717, 1.165) is 4.90 Å². The summed E-state index contributed by atoms with van der Waals surface area (Å²) >= 11 is 4.40. The minimum atomic E-state index is -1.57. The first-order chi connectivity index (χ1) is 5.37. The Balaban J connectivity index is 4.29. The number of hydrogen-bond acceptors (Lipinski definition) is 4. The van der Waals surface area contributed by atoms with Gasteiger partial charge < -0.3 is 20.8 Å². The standard InChI is InChI=1S/C6H12N2O3S/c1-8(2)6(11)4(10)3(9)5(7)12/h3-4,9-10H,1-2H3,(H2,7,12). The first kappa shape index (κ1) is 11.3. The van der Waals surface area contributed by atoms with Crippen molar-refractivity contribution < 1.29 is 15.0 Å². The van der Waals surface area contributed by atoms with Crippen LogP contribution in [0.3, 0.4) is 0 Å². The summed E-state index contributed by atoms with van der Waals surface area (Å²) in [6.07, 6.45) is -3.05. The van der Waals surface area contributed by atoms with E-state index in [1.807, 2.05) is 0 Å². The summed E-state index contributed by atoms with van der Waals surface area (Å²) in [7, 11) is 2.91. The van der Waals surface area contributed by atoms with Gasteiger partial charge in [-0.25, -0.2) is 0 Å². The Hall–Kier alpha value is -0.720. The van der Waals surface area contributed by atoms with E-state index in [0.29, 0.717) is 0 Å². The number of carbonyl (C=O) groups excluding carboxylic acids is 1. The van der Waals surface area contributed by atoms with Crippen molar-refractivity contribution in [3.63, 3.8) is 0 Å². The lowest BCUT2D eigenvalue weighted by Crippen LogP contribution is -2.46. The zero-order chi connectivity index (χ0) is 9.89. The second-order valence-corrected chi connectivity index (χ2v) is 3.00. The van der Waals surface area contributed by atoms with E-state index in [4.69, 9.17) is 15.9 Å². The van der Waals surface area contributed by atoms with Gasteiger partial charge in [-0.15, -0.1) is 0 Å². The molecule has 6 heteroatoms. The number of thiocarbonyl (C=S) groups is 1. The molecule has 0 aliphatic carbocycles. The fourth-order valence-corrected chi connectivity index (χ4v) is 0.684. The number of nitrogens with two attached hydrogens (primary N) is 1. The van der Waals surface area contributed by atoms with Crippen LogP contribution in [-0.2, 0) is 4.79 Å². The topological polar surface area (TPSA) is 86.8 Å². The van der Waals surface area contributed by atoms with E-state index in [1.165, 1.54) is 14.1 Å². The normalized spacial score (nSPS) is 15.0. The number of hydrogen-bond donors (Lipinski definition) is 3. The van der Waals surface area contributed by atoms with Crippen molar-refractivity contribution in [2.45, 2.75) is 12.2 Å². The molecule has 0 spiro atoms. The number of likely N-dealkylation sites (N-methyl/N-ethyl adjacent to an activating group) is 1. The highest BCUT2D eigenvalue weighted by molar-refractivity contribution is 7.80. The fraction of sp³-hybridized carbons (Fsp3) is 0.667. The molecular formula is C6H12N2O3S. The molecule has 5 nitrogen and oxygen atoms in total. The molecule has 0 aromatic heterocycles. The summed E-state index contributed by atoms with van der Waals surface area (Å²) in [5, 5.41) is 18.2. The smallest absolute Gasteiger partial charge is 0.254 e. The highest BCUT2D eigenvalue weighted by atomic mass is 32.1. The summed E-state index contributed by atoms with van der Waals surface area (Å²) in [5.41, 5.74) is 5.03. The Bertz CT molecular complexity index is 195. The van der Waals surface area contributed by atoms with Gasteiger partial charge in [0, 0.05) is 14.1 Å². The van der Waals surface area contributed by atoms with Crippen molar-refractivity contribution in [2.24, 2.45) is 5.73 Å². The largest absolute Gasteiger partial charge is 0.391 e. The summed E-state index contributed by atoms with van der Waals surface area (Å²) in [6, 6.07) is 0. The van der Waals surface area contributed by atoms with Gasteiger partial charge in [0.25, 0.3) is 5.91 Å². The number of nitrogens with zero attached hydrogens (tertiary/aromatic N) is 1. The van der Waals surface area contributed by atoms with Crippen LogP contribution in [-0.4, -0.2) is 52.3 Å². The molecule has 0 heterocycles. The monoisotopic (exact) mass is 192 g/mol. The first-order valence-corrected chi connectivity index (χ1v) is 3.65. The van der Waals surface area contributed by atoms with Gasteiger partial charge in [-0.05, 0) is 0 Å². The molecule has 0 aliphatic heterocycles. The van der Waals surface area contributed by atoms with Crippen molar-refractivity contribution in [1.82, 2.24) is 4.90 Å². The van der Waals surface area contributed by atoms with Gasteiger partial charge in [0.2, 0.25) is 0 Å². The highest BCUT2D eigenvalue weighted by Gasteiger charge is 2.27. The molecule has 70 valence electrons. The maximum absolute atomic E-state index is 11.0. The lowest BCUT2D eigenvalue weighted by Gasteiger charge is -2.19. The predicted octanol–water partition coefficient (Wildman–Crippen LogP) is -1.92. The molecule has 1 amide bonds. The summed E-state index contributed by atoms with van der Waals surface area (Å²) in [6.45, 7) is 0. The molecule has 0 aromatic rings. The predicted molar refractivity (Wildman–Crippen MR) is 47.5 cm³/mol. The van der Waals surface area contributed by atoms with Crippen LogP contribution in [0.25, 0.3) is 0 Å². The van der Waals surface area contributed by atoms with E-state index in [1.54, 1.807) is 0 Å². The average molecular weight is 192 g/mol. The van der Waals surface area contributed by atoms with Gasteiger partial charge >= 0.3 is 0 Å². The van der Waals surface area contributed by atoms with Crippen LogP contribution in [0.5, 0.6) is 0 Å². The molecule has 2 atom stereocenters. The Morgan fingerprint density at radius 2 is 1.83 bits per heavy atom. The van der Waals surface area contributed by atoms with Gasteiger partial charge in [0.15, 0.2) is 6.10 Å². The van der Waals surface area contributed by atoms with Gasteiger partial charge in [-0.1, -0.05) is 12.2 Å². The Morgan fingerprint density at radius 3 is 2.08 bits per heavy atom. The molecule has 0 radical (unpaired) electrons. The molecule has 0 saturated carbocycles. The summed E-state index contributed by atoms with van der Waals surface area (Å²) in [5.74, 6) is -0.629. The Labute approximate surface area is 75.8 Å². The molecule has 0 saturated heterocycles. The van der Waals surface area contributed by atoms with Gasteiger partial charge in [-0.3, -0.25) is 4.79 Å². The second-order valence-electron chi connectivity index (χ2n) is 2.52. The number of rotatable bonds is 3. The zero-order valence-corrected chi connectivity index (χ0v) is 7.71.